The molecule has 0 aliphatic rings. The van der Waals surface area contributed by atoms with E-state index in [2.05, 4.69) is 4.98 Å². The molecular weight excluding hydrogens is 152 g/mol. The highest BCUT2D eigenvalue weighted by atomic mass is 16.1. The second kappa shape index (κ2) is 2.93. The van der Waals surface area contributed by atoms with Crippen molar-refractivity contribution < 1.29 is 4.79 Å². The number of rotatable bonds is 1. The van der Waals surface area contributed by atoms with Crippen molar-refractivity contribution in [3.63, 3.8) is 0 Å². The molecule has 0 radical (unpaired) electrons. The number of nitrogens with two attached hydrogens (primary N) is 1. The monoisotopic (exact) mass is 164 g/mol. The van der Waals surface area contributed by atoms with Gasteiger partial charge in [-0.15, -0.1) is 0 Å². The molecule has 0 unspecified atom stereocenters. The number of nitrogens with zero attached hydrogens (tertiary/aromatic N) is 1. The molecule has 0 spiro atoms. The van der Waals surface area contributed by atoms with Crippen molar-refractivity contribution in [1.29, 1.82) is 0 Å². The van der Waals surface area contributed by atoms with Crippen LogP contribution in [0, 0.1) is 13.8 Å². The van der Waals surface area contributed by atoms with E-state index in [4.69, 9.17) is 5.73 Å². The molecule has 0 aliphatic heterocycles. The topological polar surface area (TPSA) is 56.0 Å². The molecule has 64 valence electrons. The van der Waals surface area contributed by atoms with Gasteiger partial charge in [-0.25, -0.2) is 4.98 Å². The lowest BCUT2D eigenvalue weighted by Crippen LogP contribution is -2.04. The van der Waals surface area contributed by atoms with Gasteiger partial charge in [0.25, 0.3) is 0 Å². The third-order valence-electron chi connectivity index (χ3n) is 1.87. The number of pyridine rings is 1. The second-order valence-corrected chi connectivity index (χ2v) is 2.88. The molecule has 1 aromatic rings. The highest BCUT2D eigenvalue weighted by molar-refractivity contribution is 5.98. The molecule has 2 N–H and O–H groups in total. The Balaban J connectivity index is 3.33. The van der Waals surface area contributed by atoms with Crippen LogP contribution in [-0.4, -0.2) is 10.8 Å². The van der Waals surface area contributed by atoms with E-state index in [9.17, 15) is 4.79 Å². The molecule has 0 bridgehead atoms. The second-order valence-electron chi connectivity index (χ2n) is 2.88. The smallest absolute Gasteiger partial charge is 0.163 e. The number of nitrogen functional groups attached to an aromatic ring is 1. The van der Waals surface area contributed by atoms with Gasteiger partial charge < -0.3 is 5.73 Å². The zero-order chi connectivity index (χ0) is 9.30. The molecule has 1 heterocycles. The van der Waals surface area contributed by atoms with Gasteiger partial charge >= 0.3 is 0 Å². The minimum atomic E-state index is -0.0388. The number of hydrogen-bond donors (Lipinski definition) is 1. The average molecular weight is 164 g/mol. The fourth-order valence-corrected chi connectivity index (χ4v) is 1.01. The van der Waals surface area contributed by atoms with Gasteiger partial charge in [0.05, 0.1) is 5.56 Å². The maximum atomic E-state index is 11.0. The number of carbonyl (C=O) groups is 1. The normalized spacial score (nSPS) is 9.92. The van der Waals surface area contributed by atoms with E-state index in [1.165, 1.54) is 6.92 Å². The van der Waals surface area contributed by atoms with Gasteiger partial charge in [0.2, 0.25) is 0 Å². The van der Waals surface area contributed by atoms with Crippen LogP contribution in [0.4, 0.5) is 5.82 Å². The summed E-state index contributed by atoms with van der Waals surface area (Å²) in [6.07, 6.45) is 0. The van der Waals surface area contributed by atoms with Crippen molar-refractivity contribution in [3.8, 4) is 0 Å². The third-order valence-corrected chi connectivity index (χ3v) is 1.87. The van der Waals surface area contributed by atoms with Gasteiger partial charge in [0.1, 0.15) is 5.82 Å². The standard InChI is InChI=1S/C9H12N2O/c1-5-4-8(7(3)12)9(10)11-6(5)2/h4H,1-3H3,(H2,10,11). The quantitative estimate of drug-likeness (QED) is 0.639. The Hall–Kier alpha value is -1.38. The molecule has 12 heavy (non-hydrogen) atoms. The predicted molar refractivity (Wildman–Crippen MR) is 48.1 cm³/mol. The van der Waals surface area contributed by atoms with Crippen LogP contribution in [0.25, 0.3) is 0 Å². The van der Waals surface area contributed by atoms with Gasteiger partial charge in [-0.3, -0.25) is 4.79 Å². The van der Waals surface area contributed by atoms with Gasteiger partial charge in [0, 0.05) is 5.69 Å². The van der Waals surface area contributed by atoms with Crippen LogP contribution in [0.2, 0.25) is 0 Å². The SMILES string of the molecule is CC(=O)c1cc(C)c(C)nc1N. The highest BCUT2D eigenvalue weighted by Gasteiger charge is 2.07. The van der Waals surface area contributed by atoms with Crippen LogP contribution in [0.15, 0.2) is 6.07 Å². The fourth-order valence-electron chi connectivity index (χ4n) is 1.01. The van der Waals surface area contributed by atoms with Crippen molar-refractivity contribution in [2.75, 3.05) is 5.73 Å². The Bertz CT molecular complexity index is 332. The first-order valence-corrected chi connectivity index (χ1v) is 3.77. The molecule has 3 nitrogen and oxygen atoms in total. The third kappa shape index (κ3) is 1.44. The molecule has 0 saturated heterocycles. The minimum absolute atomic E-state index is 0.0388. The Morgan fingerprint density at radius 1 is 1.50 bits per heavy atom. The largest absolute Gasteiger partial charge is 0.383 e. The maximum Gasteiger partial charge on any atom is 0.163 e. The number of aryl methyl sites for hydroxylation is 2. The van der Waals surface area contributed by atoms with E-state index in [0.29, 0.717) is 11.4 Å². The molecule has 0 fully saturated rings. The van der Waals surface area contributed by atoms with E-state index < -0.39 is 0 Å². The maximum absolute atomic E-state index is 11.0. The van der Waals surface area contributed by atoms with E-state index in [-0.39, 0.29) is 5.78 Å². The summed E-state index contributed by atoms with van der Waals surface area (Å²) >= 11 is 0. The average Bonchev–Trinajstić information content (AvgIpc) is 1.96. The van der Waals surface area contributed by atoms with Crippen molar-refractivity contribution in [2.24, 2.45) is 0 Å². The number of anilines is 1. The lowest BCUT2D eigenvalue weighted by molar-refractivity contribution is 0.101. The van der Waals surface area contributed by atoms with Gasteiger partial charge in [0.15, 0.2) is 5.78 Å². The zero-order valence-corrected chi connectivity index (χ0v) is 7.51. The van der Waals surface area contributed by atoms with Gasteiger partial charge in [-0.1, -0.05) is 0 Å². The molecule has 0 atom stereocenters. The number of carbonyl (C=O) groups excluding carboxylic acids is 1. The molecule has 0 aliphatic carbocycles. The first-order valence-electron chi connectivity index (χ1n) is 3.77. The number of Topliss-reactive ketones (excluding diaryl/α,β-unsaturated/α-hetero) is 1. The summed E-state index contributed by atoms with van der Waals surface area (Å²) in [7, 11) is 0. The number of hydrogen-bond acceptors (Lipinski definition) is 3. The molecule has 1 aromatic heterocycles. The first kappa shape index (κ1) is 8.71. The zero-order valence-electron chi connectivity index (χ0n) is 7.51. The van der Waals surface area contributed by atoms with Crippen molar-refractivity contribution in [1.82, 2.24) is 4.98 Å². The van der Waals surface area contributed by atoms with Gasteiger partial charge in [-0.2, -0.15) is 0 Å². The Labute approximate surface area is 71.6 Å². The van der Waals surface area contributed by atoms with Crippen molar-refractivity contribution >= 4 is 11.6 Å². The van der Waals surface area contributed by atoms with Crippen molar-refractivity contribution in [2.45, 2.75) is 20.8 Å². The van der Waals surface area contributed by atoms with E-state index >= 15 is 0 Å². The van der Waals surface area contributed by atoms with E-state index in [0.717, 1.165) is 11.3 Å². The van der Waals surface area contributed by atoms with Crippen LogP contribution in [-0.2, 0) is 0 Å². The molecule has 1 rings (SSSR count). The summed E-state index contributed by atoms with van der Waals surface area (Å²) in [6, 6.07) is 1.78. The molecule has 3 heteroatoms. The lowest BCUT2D eigenvalue weighted by Gasteiger charge is -2.04. The van der Waals surface area contributed by atoms with Gasteiger partial charge in [-0.05, 0) is 32.4 Å². The summed E-state index contributed by atoms with van der Waals surface area (Å²) < 4.78 is 0. The first-order chi connectivity index (χ1) is 5.52. The van der Waals surface area contributed by atoms with Crippen LogP contribution in [0.1, 0.15) is 28.5 Å². The Morgan fingerprint density at radius 2 is 2.08 bits per heavy atom. The van der Waals surface area contributed by atoms with E-state index in [1.54, 1.807) is 6.07 Å². The summed E-state index contributed by atoms with van der Waals surface area (Å²) in [6.45, 7) is 5.27. The summed E-state index contributed by atoms with van der Waals surface area (Å²) in [5.74, 6) is 0.286. The predicted octanol–water partition coefficient (Wildman–Crippen LogP) is 1.48. The minimum Gasteiger partial charge on any atom is -0.383 e. The summed E-state index contributed by atoms with van der Waals surface area (Å²) in [4.78, 5) is 15.1. The molecular formula is C9H12N2O. The summed E-state index contributed by atoms with van der Waals surface area (Å²) in [5, 5.41) is 0. The molecule has 0 saturated carbocycles. The van der Waals surface area contributed by atoms with Crippen LogP contribution < -0.4 is 5.73 Å². The number of aromatic nitrogens is 1. The van der Waals surface area contributed by atoms with Crippen LogP contribution >= 0.6 is 0 Å². The molecule has 0 amide bonds. The summed E-state index contributed by atoms with van der Waals surface area (Å²) in [5.41, 5.74) is 7.94. The van der Waals surface area contributed by atoms with Crippen LogP contribution in [0.3, 0.4) is 0 Å². The fraction of sp³-hybridized carbons (Fsp3) is 0.333. The Morgan fingerprint density at radius 3 is 2.58 bits per heavy atom. The van der Waals surface area contributed by atoms with Crippen LogP contribution in [0.5, 0.6) is 0 Å². The highest BCUT2D eigenvalue weighted by Crippen LogP contribution is 2.14. The lowest BCUT2D eigenvalue weighted by atomic mass is 10.1. The molecule has 0 aromatic carbocycles. The number of ketones is 1. The Kier molecular flexibility index (Phi) is 2.13. The van der Waals surface area contributed by atoms with Crippen molar-refractivity contribution in [3.05, 3.63) is 22.9 Å². The van der Waals surface area contributed by atoms with E-state index in [1.807, 2.05) is 13.8 Å².